The van der Waals surface area contributed by atoms with E-state index in [1.54, 1.807) is 19.1 Å². The first-order valence-electron chi connectivity index (χ1n) is 8.31. The number of amides is 3. The molecule has 0 saturated heterocycles. The summed E-state index contributed by atoms with van der Waals surface area (Å²) in [5, 5.41) is 17.8. The van der Waals surface area contributed by atoms with Crippen molar-refractivity contribution in [3.63, 3.8) is 0 Å². The van der Waals surface area contributed by atoms with Crippen molar-refractivity contribution in [2.75, 3.05) is 5.32 Å². The van der Waals surface area contributed by atoms with Crippen LogP contribution in [0, 0.1) is 13.8 Å². The van der Waals surface area contributed by atoms with Gasteiger partial charge in [-0.15, -0.1) is 0 Å². The lowest BCUT2D eigenvalue weighted by atomic mass is 9.94. The van der Waals surface area contributed by atoms with E-state index in [1.807, 2.05) is 32.0 Å². The molecule has 6 heteroatoms. The predicted molar refractivity (Wildman–Crippen MR) is 99.8 cm³/mol. The standard InChI is InChI=1S/C20H21N3O3/c1-11-4-9-16(12(2)10-11)22-19(25)17-13(3)21-20(26)23-18(17)14-5-7-15(24)8-6-14/h4-10,18,24H,1-3H3,(H,22,25)(H2,21,23,26)/t18-/m0/s1. The Kier molecular flexibility index (Phi) is 4.67. The van der Waals surface area contributed by atoms with Crippen LogP contribution in [0.15, 0.2) is 53.7 Å². The SMILES string of the molecule is CC1=C(C(=O)Nc2ccc(C)cc2C)[C@H](c2ccc(O)cc2)NC(=O)N1. The molecule has 3 rings (SSSR count). The van der Waals surface area contributed by atoms with Gasteiger partial charge in [-0.3, -0.25) is 4.79 Å². The van der Waals surface area contributed by atoms with Gasteiger partial charge in [-0.1, -0.05) is 29.8 Å². The van der Waals surface area contributed by atoms with Crippen molar-refractivity contribution in [1.82, 2.24) is 10.6 Å². The van der Waals surface area contributed by atoms with Crippen molar-refractivity contribution in [3.05, 3.63) is 70.4 Å². The molecule has 0 radical (unpaired) electrons. The maximum absolute atomic E-state index is 13.0. The average Bonchev–Trinajstić information content (AvgIpc) is 2.57. The number of rotatable bonds is 3. The minimum absolute atomic E-state index is 0.121. The van der Waals surface area contributed by atoms with Gasteiger partial charge in [0.05, 0.1) is 11.6 Å². The molecule has 3 amide bonds. The number of nitrogens with one attached hydrogen (secondary N) is 3. The van der Waals surface area contributed by atoms with Crippen LogP contribution in [0.1, 0.15) is 29.7 Å². The van der Waals surface area contributed by atoms with E-state index in [2.05, 4.69) is 16.0 Å². The summed E-state index contributed by atoms with van der Waals surface area (Å²) in [6.45, 7) is 5.62. The van der Waals surface area contributed by atoms with Crippen molar-refractivity contribution in [3.8, 4) is 5.75 Å². The molecular weight excluding hydrogens is 330 g/mol. The zero-order chi connectivity index (χ0) is 18.8. The lowest BCUT2D eigenvalue weighted by Gasteiger charge is -2.29. The van der Waals surface area contributed by atoms with Crippen molar-refractivity contribution in [2.45, 2.75) is 26.8 Å². The van der Waals surface area contributed by atoms with Crippen LogP contribution >= 0.6 is 0 Å². The Bertz CT molecular complexity index is 901. The van der Waals surface area contributed by atoms with Gasteiger partial charge in [0.1, 0.15) is 5.75 Å². The number of benzene rings is 2. The fraction of sp³-hybridized carbons (Fsp3) is 0.200. The Labute approximate surface area is 151 Å². The minimum atomic E-state index is -0.602. The van der Waals surface area contributed by atoms with Gasteiger partial charge >= 0.3 is 6.03 Å². The van der Waals surface area contributed by atoms with Crippen LogP contribution in [0.5, 0.6) is 5.75 Å². The molecule has 1 aliphatic rings. The molecule has 6 nitrogen and oxygen atoms in total. The molecule has 134 valence electrons. The number of urea groups is 1. The highest BCUT2D eigenvalue weighted by Crippen LogP contribution is 2.29. The van der Waals surface area contributed by atoms with E-state index < -0.39 is 6.04 Å². The van der Waals surface area contributed by atoms with Gasteiger partial charge in [0.2, 0.25) is 0 Å². The molecule has 0 unspecified atom stereocenters. The molecule has 1 aliphatic heterocycles. The van der Waals surface area contributed by atoms with E-state index in [9.17, 15) is 14.7 Å². The van der Waals surface area contributed by atoms with Crippen LogP contribution in [0.3, 0.4) is 0 Å². The molecule has 4 N–H and O–H groups in total. The van der Waals surface area contributed by atoms with Gasteiger partial charge in [0, 0.05) is 11.4 Å². The predicted octanol–water partition coefficient (Wildman–Crippen LogP) is 3.28. The van der Waals surface area contributed by atoms with Crippen LogP contribution in [0.2, 0.25) is 0 Å². The molecule has 2 aromatic rings. The van der Waals surface area contributed by atoms with Gasteiger partial charge < -0.3 is 21.1 Å². The van der Waals surface area contributed by atoms with E-state index in [4.69, 9.17) is 0 Å². The topological polar surface area (TPSA) is 90.5 Å². The second-order valence-electron chi connectivity index (χ2n) is 6.43. The number of carbonyl (C=O) groups excluding carboxylic acids is 2. The lowest BCUT2D eigenvalue weighted by molar-refractivity contribution is -0.113. The Morgan fingerprint density at radius 2 is 1.77 bits per heavy atom. The summed E-state index contributed by atoms with van der Waals surface area (Å²) in [7, 11) is 0. The molecule has 26 heavy (non-hydrogen) atoms. The van der Waals surface area contributed by atoms with Crippen molar-refractivity contribution in [2.24, 2.45) is 0 Å². The van der Waals surface area contributed by atoms with E-state index in [1.165, 1.54) is 12.1 Å². The Morgan fingerprint density at radius 3 is 2.42 bits per heavy atom. The van der Waals surface area contributed by atoms with Crippen molar-refractivity contribution < 1.29 is 14.7 Å². The van der Waals surface area contributed by atoms with Gasteiger partial charge in [0.25, 0.3) is 5.91 Å². The second-order valence-corrected chi connectivity index (χ2v) is 6.43. The maximum Gasteiger partial charge on any atom is 0.319 e. The fourth-order valence-electron chi connectivity index (χ4n) is 3.06. The Morgan fingerprint density at radius 1 is 1.08 bits per heavy atom. The van der Waals surface area contributed by atoms with Crippen LogP contribution < -0.4 is 16.0 Å². The van der Waals surface area contributed by atoms with Crippen LogP contribution in [0.25, 0.3) is 0 Å². The number of phenolic OH excluding ortho intramolecular Hbond substituents is 1. The fourth-order valence-corrected chi connectivity index (χ4v) is 3.06. The summed E-state index contributed by atoms with van der Waals surface area (Å²) in [5.74, 6) is -0.170. The first-order valence-corrected chi connectivity index (χ1v) is 8.31. The third-order valence-electron chi connectivity index (χ3n) is 4.37. The molecule has 0 saturated carbocycles. The number of hydrogen-bond acceptors (Lipinski definition) is 3. The lowest BCUT2D eigenvalue weighted by Crippen LogP contribution is -2.46. The number of hydrogen-bond donors (Lipinski definition) is 4. The molecule has 0 aliphatic carbocycles. The summed E-state index contributed by atoms with van der Waals surface area (Å²) < 4.78 is 0. The third kappa shape index (κ3) is 3.54. The van der Waals surface area contributed by atoms with E-state index in [0.29, 0.717) is 16.8 Å². The van der Waals surface area contributed by atoms with E-state index >= 15 is 0 Å². The minimum Gasteiger partial charge on any atom is -0.508 e. The summed E-state index contributed by atoms with van der Waals surface area (Å²) in [4.78, 5) is 24.9. The smallest absolute Gasteiger partial charge is 0.319 e. The summed E-state index contributed by atoms with van der Waals surface area (Å²) in [5.41, 5.74) is 4.43. The van der Waals surface area contributed by atoms with Gasteiger partial charge in [-0.25, -0.2) is 4.79 Å². The monoisotopic (exact) mass is 351 g/mol. The summed E-state index contributed by atoms with van der Waals surface area (Å²) in [6, 6.07) is 11.2. The third-order valence-corrected chi connectivity index (χ3v) is 4.37. The molecule has 1 heterocycles. The number of aromatic hydroxyl groups is 1. The number of aryl methyl sites for hydroxylation is 2. The van der Waals surface area contributed by atoms with E-state index in [-0.39, 0.29) is 17.7 Å². The van der Waals surface area contributed by atoms with Crippen molar-refractivity contribution in [1.29, 1.82) is 0 Å². The van der Waals surface area contributed by atoms with Gasteiger partial charge in [0.15, 0.2) is 0 Å². The largest absolute Gasteiger partial charge is 0.508 e. The van der Waals surface area contributed by atoms with Crippen molar-refractivity contribution >= 4 is 17.6 Å². The average molecular weight is 351 g/mol. The molecule has 0 fully saturated rings. The number of anilines is 1. The Hall–Kier alpha value is -3.28. The highest BCUT2D eigenvalue weighted by molar-refractivity contribution is 6.07. The van der Waals surface area contributed by atoms with Gasteiger partial charge in [-0.2, -0.15) is 0 Å². The van der Waals surface area contributed by atoms with E-state index in [0.717, 1.165) is 16.8 Å². The summed E-state index contributed by atoms with van der Waals surface area (Å²) in [6.07, 6.45) is 0. The molecular formula is C20H21N3O3. The zero-order valence-electron chi connectivity index (χ0n) is 14.9. The zero-order valence-corrected chi connectivity index (χ0v) is 14.9. The molecule has 0 bridgehead atoms. The number of phenols is 1. The molecule has 2 aromatic carbocycles. The normalized spacial score (nSPS) is 16.7. The quantitative estimate of drug-likeness (QED) is 0.684. The number of carbonyl (C=O) groups is 2. The highest BCUT2D eigenvalue weighted by atomic mass is 16.3. The van der Waals surface area contributed by atoms with Crippen LogP contribution in [-0.4, -0.2) is 17.0 Å². The van der Waals surface area contributed by atoms with Gasteiger partial charge in [-0.05, 0) is 50.1 Å². The molecule has 0 spiro atoms. The molecule has 0 aromatic heterocycles. The highest BCUT2D eigenvalue weighted by Gasteiger charge is 2.31. The first-order chi connectivity index (χ1) is 12.3. The van der Waals surface area contributed by atoms with Crippen LogP contribution in [0.4, 0.5) is 10.5 Å². The summed E-state index contributed by atoms with van der Waals surface area (Å²) >= 11 is 0. The first kappa shape index (κ1) is 17.5. The maximum atomic E-state index is 13.0. The number of allylic oxidation sites excluding steroid dienone is 1. The molecule has 1 atom stereocenters. The second kappa shape index (κ2) is 6.92. The van der Waals surface area contributed by atoms with Crippen LogP contribution in [-0.2, 0) is 4.79 Å². The Balaban J connectivity index is 1.95.